The highest BCUT2D eigenvalue weighted by molar-refractivity contribution is 6.30. The number of rotatable bonds is 9. The quantitative estimate of drug-likeness (QED) is 0.753. The van der Waals surface area contributed by atoms with E-state index in [-0.39, 0.29) is 12.1 Å². The molecular weight excluding hydrogens is 274 g/mol. The number of nitrogens with one attached hydrogen (secondary N) is 1. The number of hydrogen-bond acceptors (Lipinski definition) is 3. The largest absolute Gasteiger partial charge is 0.489 e. The highest BCUT2D eigenvalue weighted by atomic mass is 35.5. The van der Waals surface area contributed by atoms with Crippen molar-refractivity contribution in [1.29, 1.82) is 0 Å². The first-order chi connectivity index (χ1) is 9.58. The smallest absolute Gasteiger partial charge is 0.121 e. The maximum Gasteiger partial charge on any atom is 0.121 e. The summed E-state index contributed by atoms with van der Waals surface area (Å²) in [5.74, 6) is 1.29. The van der Waals surface area contributed by atoms with E-state index in [1.807, 2.05) is 24.3 Å². The number of methoxy groups -OCH3 is 1. The molecule has 1 aromatic rings. The molecule has 0 heterocycles. The van der Waals surface area contributed by atoms with Gasteiger partial charge >= 0.3 is 0 Å². The molecule has 0 saturated carbocycles. The van der Waals surface area contributed by atoms with E-state index in [1.165, 1.54) is 0 Å². The highest BCUT2D eigenvalue weighted by Gasteiger charge is 2.24. The third-order valence-electron chi connectivity index (χ3n) is 3.45. The van der Waals surface area contributed by atoms with Gasteiger partial charge in [-0.2, -0.15) is 0 Å². The second kappa shape index (κ2) is 9.22. The SMILES string of the molecule is CCNC(C(C)CCOC)C(C)Oc1cccc(Cl)c1. The van der Waals surface area contributed by atoms with Crippen molar-refractivity contribution >= 4 is 11.6 Å². The van der Waals surface area contributed by atoms with E-state index in [9.17, 15) is 0 Å². The van der Waals surface area contributed by atoms with Crippen LogP contribution in [0.5, 0.6) is 5.75 Å². The molecule has 1 rings (SSSR count). The molecule has 1 aromatic carbocycles. The van der Waals surface area contributed by atoms with Gasteiger partial charge in [0.15, 0.2) is 0 Å². The molecule has 0 amide bonds. The lowest BCUT2D eigenvalue weighted by atomic mass is 9.94. The van der Waals surface area contributed by atoms with Crippen LogP contribution in [0, 0.1) is 5.92 Å². The van der Waals surface area contributed by atoms with Crippen LogP contribution in [0.4, 0.5) is 0 Å². The van der Waals surface area contributed by atoms with Crippen LogP contribution in [0.25, 0.3) is 0 Å². The zero-order valence-electron chi connectivity index (χ0n) is 12.9. The van der Waals surface area contributed by atoms with Crippen molar-refractivity contribution in [2.75, 3.05) is 20.3 Å². The fourth-order valence-electron chi connectivity index (χ4n) is 2.38. The summed E-state index contributed by atoms with van der Waals surface area (Å²) in [6, 6.07) is 7.82. The lowest BCUT2D eigenvalue weighted by Gasteiger charge is -2.30. The summed E-state index contributed by atoms with van der Waals surface area (Å²) in [6.45, 7) is 8.13. The Morgan fingerprint density at radius 3 is 2.65 bits per heavy atom. The number of ether oxygens (including phenoxy) is 2. The summed E-state index contributed by atoms with van der Waals surface area (Å²) < 4.78 is 11.2. The third kappa shape index (κ3) is 5.70. The van der Waals surface area contributed by atoms with Crippen LogP contribution in [0.2, 0.25) is 5.02 Å². The number of hydrogen-bond donors (Lipinski definition) is 1. The van der Waals surface area contributed by atoms with Crippen molar-refractivity contribution in [2.24, 2.45) is 5.92 Å². The Morgan fingerprint density at radius 2 is 2.05 bits per heavy atom. The predicted molar refractivity (Wildman–Crippen MR) is 84.7 cm³/mol. The molecule has 20 heavy (non-hydrogen) atoms. The monoisotopic (exact) mass is 299 g/mol. The Morgan fingerprint density at radius 1 is 1.30 bits per heavy atom. The van der Waals surface area contributed by atoms with Crippen LogP contribution in [0.3, 0.4) is 0 Å². The fraction of sp³-hybridized carbons (Fsp3) is 0.625. The Hall–Kier alpha value is -0.770. The minimum atomic E-state index is 0.0697. The maximum absolute atomic E-state index is 6.02. The average molecular weight is 300 g/mol. The molecule has 1 N–H and O–H groups in total. The van der Waals surface area contributed by atoms with Gasteiger partial charge in [-0.3, -0.25) is 0 Å². The molecule has 3 atom stereocenters. The summed E-state index contributed by atoms with van der Waals surface area (Å²) in [6.07, 6.45) is 1.08. The molecule has 0 radical (unpaired) electrons. The van der Waals surface area contributed by atoms with E-state index in [1.54, 1.807) is 7.11 Å². The van der Waals surface area contributed by atoms with E-state index in [0.717, 1.165) is 25.3 Å². The van der Waals surface area contributed by atoms with E-state index in [0.29, 0.717) is 10.9 Å². The average Bonchev–Trinajstić information content (AvgIpc) is 2.42. The molecule has 0 aliphatic carbocycles. The van der Waals surface area contributed by atoms with Gasteiger partial charge < -0.3 is 14.8 Å². The van der Waals surface area contributed by atoms with Crippen molar-refractivity contribution in [3.8, 4) is 5.75 Å². The van der Waals surface area contributed by atoms with Crippen LogP contribution in [0.1, 0.15) is 27.2 Å². The van der Waals surface area contributed by atoms with Gasteiger partial charge in [-0.25, -0.2) is 0 Å². The zero-order valence-corrected chi connectivity index (χ0v) is 13.6. The summed E-state index contributed by atoms with van der Waals surface area (Å²) >= 11 is 5.99. The number of benzene rings is 1. The fourth-order valence-corrected chi connectivity index (χ4v) is 2.56. The standard InChI is InChI=1S/C16H26ClNO2/c1-5-18-16(12(2)9-10-19-4)13(3)20-15-8-6-7-14(17)11-15/h6-8,11-13,16,18H,5,9-10H2,1-4H3. The molecule has 0 bridgehead atoms. The lowest BCUT2D eigenvalue weighted by Crippen LogP contribution is -2.46. The van der Waals surface area contributed by atoms with E-state index in [4.69, 9.17) is 21.1 Å². The molecule has 0 saturated heterocycles. The molecule has 4 heteroatoms. The van der Waals surface area contributed by atoms with Crippen molar-refractivity contribution in [3.05, 3.63) is 29.3 Å². The molecule has 114 valence electrons. The highest BCUT2D eigenvalue weighted by Crippen LogP contribution is 2.21. The lowest BCUT2D eigenvalue weighted by molar-refractivity contribution is 0.116. The minimum absolute atomic E-state index is 0.0697. The van der Waals surface area contributed by atoms with Gasteiger partial charge in [0, 0.05) is 24.8 Å². The normalized spacial score (nSPS) is 15.7. The van der Waals surface area contributed by atoms with Crippen molar-refractivity contribution < 1.29 is 9.47 Å². The second-order valence-electron chi connectivity index (χ2n) is 5.12. The Bertz CT molecular complexity index is 386. The molecule has 3 nitrogen and oxygen atoms in total. The molecule has 0 aliphatic rings. The van der Waals surface area contributed by atoms with Crippen LogP contribution in [0.15, 0.2) is 24.3 Å². The summed E-state index contributed by atoms with van der Waals surface area (Å²) in [4.78, 5) is 0. The van der Waals surface area contributed by atoms with Gasteiger partial charge in [0.05, 0.1) is 0 Å². The first-order valence-electron chi connectivity index (χ1n) is 7.23. The summed E-state index contributed by atoms with van der Waals surface area (Å²) in [5, 5.41) is 4.21. The van der Waals surface area contributed by atoms with Gasteiger partial charge in [0.1, 0.15) is 11.9 Å². The van der Waals surface area contributed by atoms with Gasteiger partial charge in [0.25, 0.3) is 0 Å². The van der Waals surface area contributed by atoms with Crippen molar-refractivity contribution in [2.45, 2.75) is 39.3 Å². The zero-order chi connectivity index (χ0) is 15.0. The minimum Gasteiger partial charge on any atom is -0.489 e. The number of likely N-dealkylation sites (N-methyl/N-ethyl adjacent to an activating group) is 1. The van der Waals surface area contributed by atoms with Gasteiger partial charge in [-0.1, -0.05) is 31.5 Å². The van der Waals surface area contributed by atoms with Crippen LogP contribution in [-0.2, 0) is 4.74 Å². The molecule has 0 fully saturated rings. The van der Waals surface area contributed by atoms with E-state index in [2.05, 4.69) is 26.1 Å². The number of halogens is 1. The summed E-state index contributed by atoms with van der Waals surface area (Å²) in [5.41, 5.74) is 0. The molecule has 0 aromatic heterocycles. The maximum atomic E-state index is 6.02. The third-order valence-corrected chi connectivity index (χ3v) is 3.69. The Kier molecular flexibility index (Phi) is 7.97. The Labute approximate surface area is 127 Å². The van der Waals surface area contributed by atoms with Crippen molar-refractivity contribution in [1.82, 2.24) is 5.32 Å². The summed E-state index contributed by atoms with van der Waals surface area (Å²) in [7, 11) is 1.74. The van der Waals surface area contributed by atoms with Crippen LogP contribution >= 0.6 is 11.6 Å². The first-order valence-corrected chi connectivity index (χ1v) is 7.60. The predicted octanol–water partition coefficient (Wildman–Crippen LogP) is 3.76. The van der Waals surface area contributed by atoms with Gasteiger partial charge in [0.2, 0.25) is 0 Å². The molecular formula is C16H26ClNO2. The van der Waals surface area contributed by atoms with Crippen LogP contribution < -0.4 is 10.1 Å². The molecule has 3 unspecified atom stereocenters. The van der Waals surface area contributed by atoms with E-state index < -0.39 is 0 Å². The van der Waals surface area contributed by atoms with Gasteiger partial charge in [-0.05, 0) is 44.0 Å². The molecule has 0 aliphatic heterocycles. The molecule has 0 spiro atoms. The second-order valence-corrected chi connectivity index (χ2v) is 5.56. The Balaban J connectivity index is 2.65. The van der Waals surface area contributed by atoms with E-state index >= 15 is 0 Å². The van der Waals surface area contributed by atoms with Gasteiger partial charge in [-0.15, -0.1) is 0 Å². The first kappa shape index (κ1) is 17.3. The van der Waals surface area contributed by atoms with Crippen LogP contribution in [-0.4, -0.2) is 32.4 Å². The van der Waals surface area contributed by atoms with Crippen molar-refractivity contribution in [3.63, 3.8) is 0 Å². The topological polar surface area (TPSA) is 30.5 Å².